The van der Waals surface area contributed by atoms with Gasteiger partial charge in [0.15, 0.2) is 0 Å². The van der Waals surface area contributed by atoms with Gasteiger partial charge in [-0.05, 0) is 17.7 Å². The first kappa shape index (κ1) is 10.5. The Labute approximate surface area is 81.0 Å². The van der Waals surface area contributed by atoms with Crippen LogP contribution < -0.4 is 11.5 Å². The van der Waals surface area contributed by atoms with Gasteiger partial charge in [0, 0.05) is 6.54 Å². The van der Waals surface area contributed by atoms with Crippen molar-refractivity contribution in [1.29, 1.82) is 0 Å². The zero-order valence-corrected chi connectivity index (χ0v) is 7.47. The molecule has 1 amide bonds. The van der Waals surface area contributed by atoms with Crippen molar-refractivity contribution in [2.24, 2.45) is 11.5 Å². The van der Waals surface area contributed by atoms with E-state index in [1.54, 1.807) is 0 Å². The minimum atomic E-state index is -0.853. The van der Waals surface area contributed by atoms with Crippen LogP contribution in [0.4, 0.5) is 0 Å². The maximum Gasteiger partial charge on any atom is 0.252 e. The van der Waals surface area contributed by atoms with Crippen LogP contribution in [0, 0.1) is 0 Å². The number of carbonyl (C=O) groups excluding carboxylic acids is 1. The number of benzene rings is 1. The highest BCUT2D eigenvalue weighted by Gasteiger charge is 2.11. The second-order valence-electron chi connectivity index (χ2n) is 2.89. The lowest BCUT2D eigenvalue weighted by atomic mass is 10.0. The van der Waals surface area contributed by atoms with E-state index in [4.69, 9.17) is 11.5 Å². The monoisotopic (exact) mass is 196 g/mol. The van der Waals surface area contributed by atoms with Gasteiger partial charge in [0.2, 0.25) is 0 Å². The molecule has 0 saturated carbocycles. The number of primary amides is 1. The number of hydrogen-bond acceptors (Lipinski definition) is 4. The Morgan fingerprint density at radius 3 is 2.64 bits per heavy atom. The lowest BCUT2D eigenvalue weighted by Gasteiger charge is -2.09. The van der Waals surface area contributed by atoms with Crippen molar-refractivity contribution in [3.63, 3.8) is 0 Å². The van der Waals surface area contributed by atoms with Gasteiger partial charge in [-0.25, -0.2) is 0 Å². The number of phenols is 1. The van der Waals surface area contributed by atoms with Crippen LogP contribution in [0.2, 0.25) is 0 Å². The van der Waals surface area contributed by atoms with Crippen molar-refractivity contribution in [2.45, 2.75) is 6.10 Å². The molecular formula is C9H12N2O3. The third-order valence-corrected chi connectivity index (χ3v) is 1.89. The maximum atomic E-state index is 10.8. The van der Waals surface area contributed by atoms with E-state index in [0.29, 0.717) is 5.56 Å². The molecule has 0 aliphatic rings. The summed E-state index contributed by atoms with van der Waals surface area (Å²) in [6, 6.07) is 4.11. The number of amides is 1. The third-order valence-electron chi connectivity index (χ3n) is 1.89. The lowest BCUT2D eigenvalue weighted by molar-refractivity contribution is 0.0997. The van der Waals surface area contributed by atoms with Gasteiger partial charge in [-0.3, -0.25) is 4.79 Å². The van der Waals surface area contributed by atoms with Gasteiger partial charge in [0.25, 0.3) is 5.91 Å². The van der Waals surface area contributed by atoms with Crippen molar-refractivity contribution < 1.29 is 15.0 Å². The molecule has 1 atom stereocenters. The van der Waals surface area contributed by atoms with E-state index in [-0.39, 0.29) is 17.9 Å². The Bertz CT molecular complexity index is 352. The fraction of sp³-hybridized carbons (Fsp3) is 0.222. The van der Waals surface area contributed by atoms with Gasteiger partial charge < -0.3 is 21.7 Å². The minimum Gasteiger partial charge on any atom is -0.507 e. The summed E-state index contributed by atoms with van der Waals surface area (Å²) in [5, 5.41) is 18.6. The Morgan fingerprint density at radius 1 is 1.50 bits per heavy atom. The predicted octanol–water partition coefficient (Wildman–Crippen LogP) is -0.517. The maximum absolute atomic E-state index is 10.8. The Morgan fingerprint density at radius 2 is 2.14 bits per heavy atom. The van der Waals surface area contributed by atoms with Gasteiger partial charge in [-0.1, -0.05) is 6.07 Å². The second kappa shape index (κ2) is 4.08. The van der Waals surface area contributed by atoms with Crippen LogP contribution in [0.5, 0.6) is 5.75 Å². The summed E-state index contributed by atoms with van der Waals surface area (Å²) in [7, 11) is 0. The highest BCUT2D eigenvalue weighted by atomic mass is 16.3. The summed E-state index contributed by atoms with van der Waals surface area (Å²) in [6.45, 7) is 0.0446. The predicted molar refractivity (Wildman–Crippen MR) is 50.6 cm³/mol. The van der Waals surface area contributed by atoms with Crippen LogP contribution in [-0.4, -0.2) is 22.7 Å². The quantitative estimate of drug-likeness (QED) is 0.521. The molecule has 0 fully saturated rings. The third kappa shape index (κ3) is 2.01. The lowest BCUT2D eigenvalue weighted by Crippen LogP contribution is -2.15. The van der Waals surface area contributed by atoms with Crippen LogP contribution in [0.15, 0.2) is 18.2 Å². The van der Waals surface area contributed by atoms with E-state index >= 15 is 0 Å². The van der Waals surface area contributed by atoms with Crippen molar-refractivity contribution in [3.05, 3.63) is 29.3 Å². The number of rotatable bonds is 3. The molecule has 5 heteroatoms. The van der Waals surface area contributed by atoms with Gasteiger partial charge in [0.05, 0.1) is 11.7 Å². The topological polar surface area (TPSA) is 110 Å². The largest absolute Gasteiger partial charge is 0.507 e. The van der Waals surface area contributed by atoms with E-state index in [9.17, 15) is 15.0 Å². The average molecular weight is 196 g/mol. The molecule has 0 unspecified atom stereocenters. The van der Waals surface area contributed by atoms with Crippen molar-refractivity contribution >= 4 is 5.91 Å². The van der Waals surface area contributed by atoms with E-state index < -0.39 is 12.0 Å². The van der Waals surface area contributed by atoms with Crippen LogP contribution in [0.3, 0.4) is 0 Å². The molecule has 0 aliphatic heterocycles. The highest BCUT2D eigenvalue weighted by Crippen LogP contribution is 2.21. The fourth-order valence-corrected chi connectivity index (χ4v) is 1.09. The molecular weight excluding hydrogens is 184 g/mol. The first-order valence-electron chi connectivity index (χ1n) is 4.07. The van der Waals surface area contributed by atoms with Gasteiger partial charge in [-0.15, -0.1) is 0 Å². The molecule has 0 radical (unpaired) electrons. The number of nitrogens with two attached hydrogens (primary N) is 2. The zero-order chi connectivity index (χ0) is 10.7. The molecule has 0 aromatic heterocycles. The van der Waals surface area contributed by atoms with E-state index in [0.717, 1.165) is 0 Å². The molecule has 1 aromatic rings. The van der Waals surface area contributed by atoms with Gasteiger partial charge in [-0.2, -0.15) is 0 Å². The number of aromatic hydroxyl groups is 1. The SMILES string of the molecule is NC[C@H](O)c1ccc(O)c(C(N)=O)c1. The smallest absolute Gasteiger partial charge is 0.252 e. The van der Waals surface area contributed by atoms with Gasteiger partial charge in [0.1, 0.15) is 5.75 Å². The summed E-state index contributed by atoms with van der Waals surface area (Å²) in [4.78, 5) is 10.8. The first-order valence-corrected chi connectivity index (χ1v) is 4.07. The fourth-order valence-electron chi connectivity index (χ4n) is 1.09. The van der Waals surface area contributed by atoms with Crippen molar-refractivity contribution in [3.8, 4) is 5.75 Å². The summed E-state index contributed by atoms with van der Waals surface area (Å²) in [5.74, 6) is -0.945. The van der Waals surface area contributed by atoms with E-state index in [1.165, 1.54) is 18.2 Å². The number of aliphatic hydroxyl groups is 1. The normalized spacial score (nSPS) is 12.4. The molecule has 76 valence electrons. The molecule has 0 aliphatic carbocycles. The van der Waals surface area contributed by atoms with Gasteiger partial charge >= 0.3 is 0 Å². The highest BCUT2D eigenvalue weighted by molar-refractivity contribution is 5.95. The summed E-state index contributed by atoms with van der Waals surface area (Å²) >= 11 is 0. The van der Waals surface area contributed by atoms with E-state index in [1.807, 2.05) is 0 Å². The van der Waals surface area contributed by atoms with Crippen LogP contribution in [0.1, 0.15) is 22.0 Å². The first-order chi connectivity index (χ1) is 6.56. The van der Waals surface area contributed by atoms with Crippen molar-refractivity contribution in [1.82, 2.24) is 0 Å². The van der Waals surface area contributed by atoms with Crippen LogP contribution in [0.25, 0.3) is 0 Å². The molecule has 0 spiro atoms. The van der Waals surface area contributed by atoms with Crippen LogP contribution in [-0.2, 0) is 0 Å². The summed E-state index contributed by atoms with van der Waals surface area (Å²) < 4.78 is 0. The summed E-state index contributed by atoms with van der Waals surface area (Å²) in [5.41, 5.74) is 10.7. The molecule has 1 aromatic carbocycles. The zero-order valence-electron chi connectivity index (χ0n) is 7.47. The molecule has 0 heterocycles. The Hall–Kier alpha value is -1.59. The Kier molecular flexibility index (Phi) is 3.06. The standard InChI is InChI=1S/C9H12N2O3/c10-4-8(13)5-1-2-7(12)6(3-5)9(11)14/h1-3,8,12-13H,4,10H2,(H2,11,14)/t8-/m0/s1. The number of carbonyl (C=O) groups is 1. The molecule has 5 nitrogen and oxygen atoms in total. The second-order valence-corrected chi connectivity index (χ2v) is 2.89. The van der Waals surface area contributed by atoms with Crippen LogP contribution >= 0.6 is 0 Å². The van der Waals surface area contributed by atoms with E-state index in [2.05, 4.69) is 0 Å². The number of aliphatic hydroxyl groups excluding tert-OH is 1. The molecule has 14 heavy (non-hydrogen) atoms. The Balaban J connectivity index is 3.12. The molecule has 0 saturated heterocycles. The van der Waals surface area contributed by atoms with Crippen molar-refractivity contribution in [2.75, 3.05) is 6.54 Å². The molecule has 1 rings (SSSR count). The minimum absolute atomic E-state index is 0.0185. The molecule has 6 N–H and O–H groups in total. The number of hydrogen-bond donors (Lipinski definition) is 4. The average Bonchev–Trinajstić information content (AvgIpc) is 2.17. The molecule has 0 bridgehead atoms. The summed E-state index contributed by atoms with van der Waals surface area (Å²) in [6.07, 6.45) is -0.853.